The zero-order chi connectivity index (χ0) is 23.0. The molecule has 2 aromatic heterocycles. The van der Waals surface area contributed by atoms with Crippen molar-refractivity contribution in [2.75, 3.05) is 19.0 Å². The maximum Gasteiger partial charge on any atom is 0.246 e. The number of aromatic nitrogens is 1. The topological polar surface area (TPSA) is 84.7 Å². The lowest BCUT2D eigenvalue weighted by Crippen LogP contribution is -2.33. The maximum absolute atomic E-state index is 12.8. The Balaban J connectivity index is 1.50. The molecule has 32 heavy (non-hydrogen) atoms. The summed E-state index contributed by atoms with van der Waals surface area (Å²) >= 11 is 0. The normalized spacial score (nSPS) is 16.2. The number of carbonyl (C=O) groups is 2. The van der Waals surface area contributed by atoms with Crippen LogP contribution in [0.25, 0.3) is 17.0 Å². The Kier molecular flexibility index (Phi) is 5.50. The largest absolute Gasteiger partial charge is 0.489 e. The van der Waals surface area contributed by atoms with Crippen LogP contribution < -0.4 is 10.1 Å². The van der Waals surface area contributed by atoms with Crippen molar-refractivity contribution < 1.29 is 18.7 Å². The highest BCUT2D eigenvalue weighted by Gasteiger charge is 2.33. The molecule has 0 fully saturated rings. The number of anilines is 1. The molecule has 3 heterocycles. The van der Waals surface area contributed by atoms with E-state index in [4.69, 9.17) is 9.15 Å². The summed E-state index contributed by atoms with van der Waals surface area (Å²) in [4.78, 5) is 31.0. The van der Waals surface area contributed by atoms with Crippen LogP contribution in [0, 0.1) is 12.3 Å². The molecular formula is C25H27N3O4. The molecule has 3 aromatic rings. The van der Waals surface area contributed by atoms with Gasteiger partial charge in [0.2, 0.25) is 11.8 Å². The first-order chi connectivity index (χ1) is 15.2. The van der Waals surface area contributed by atoms with Crippen LogP contribution in [0.5, 0.6) is 5.75 Å². The minimum absolute atomic E-state index is 0.140. The molecule has 0 spiro atoms. The maximum atomic E-state index is 12.8. The van der Waals surface area contributed by atoms with Gasteiger partial charge in [-0.2, -0.15) is 0 Å². The second-order valence-electron chi connectivity index (χ2n) is 8.79. The summed E-state index contributed by atoms with van der Waals surface area (Å²) < 4.78 is 11.8. The van der Waals surface area contributed by atoms with Crippen LogP contribution in [0.3, 0.4) is 0 Å². The lowest BCUT2D eigenvalue weighted by atomic mass is 9.94. The highest BCUT2D eigenvalue weighted by atomic mass is 16.5. The summed E-state index contributed by atoms with van der Waals surface area (Å²) in [7, 11) is 1.75. The number of furan rings is 1. The van der Waals surface area contributed by atoms with Crippen LogP contribution in [-0.2, 0) is 9.59 Å². The second kappa shape index (κ2) is 8.15. The van der Waals surface area contributed by atoms with E-state index in [1.165, 1.54) is 6.08 Å². The number of amides is 2. The van der Waals surface area contributed by atoms with E-state index in [9.17, 15) is 9.59 Å². The molecule has 1 atom stereocenters. The minimum Gasteiger partial charge on any atom is -0.489 e. The molecule has 0 radical (unpaired) electrons. The molecule has 166 valence electrons. The second-order valence-corrected chi connectivity index (χ2v) is 8.79. The molecule has 1 aliphatic rings. The number of aryl methyl sites for hydroxylation is 1. The molecule has 0 unspecified atom stereocenters. The first-order valence-electron chi connectivity index (χ1n) is 10.5. The molecule has 0 aliphatic carbocycles. The van der Waals surface area contributed by atoms with Gasteiger partial charge in [0.15, 0.2) is 11.6 Å². The van der Waals surface area contributed by atoms with E-state index in [0.29, 0.717) is 17.1 Å². The van der Waals surface area contributed by atoms with Crippen molar-refractivity contribution in [2.24, 2.45) is 5.41 Å². The van der Waals surface area contributed by atoms with E-state index in [2.05, 4.69) is 10.3 Å². The molecule has 7 heteroatoms. The van der Waals surface area contributed by atoms with Crippen molar-refractivity contribution in [2.45, 2.75) is 33.7 Å². The predicted octanol–water partition coefficient (Wildman–Crippen LogP) is 4.73. The molecule has 0 saturated carbocycles. The zero-order valence-electron chi connectivity index (χ0n) is 18.9. The Bertz CT molecular complexity index is 1230. The van der Waals surface area contributed by atoms with Gasteiger partial charge in [0.25, 0.3) is 0 Å². The lowest BCUT2D eigenvalue weighted by molar-refractivity contribution is -0.127. The van der Waals surface area contributed by atoms with Gasteiger partial charge in [-0.3, -0.25) is 9.59 Å². The Hall–Kier alpha value is -3.61. The van der Waals surface area contributed by atoms with Gasteiger partial charge in [-0.15, -0.1) is 0 Å². The number of pyridine rings is 1. The number of ether oxygens (including phenoxy) is 1. The molecule has 7 nitrogen and oxygen atoms in total. The Labute approximate surface area is 187 Å². The standard InChI is InChI=1S/C25H27N3O4/c1-15-18-8-6-7-9-19(18)32-22(15)16(2)28(5)21(29)11-10-17-12-20-23(26-13-17)27-24(30)25(3,4)14-31-20/h6-13,16H,14H2,1-5H3,(H,26,27,30)/b11-10+/t16-/m1/s1. The fourth-order valence-electron chi connectivity index (χ4n) is 3.60. The van der Waals surface area contributed by atoms with E-state index in [-0.39, 0.29) is 24.5 Å². The van der Waals surface area contributed by atoms with Crippen LogP contribution in [0.1, 0.15) is 43.7 Å². The number of benzene rings is 1. The Morgan fingerprint density at radius 1 is 1.31 bits per heavy atom. The highest BCUT2D eigenvalue weighted by Crippen LogP contribution is 2.33. The molecule has 1 aromatic carbocycles. The number of hydrogen-bond donors (Lipinski definition) is 1. The van der Waals surface area contributed by atoms with Gasteiger partial charge in [0, 0.05) is 30.3 Å². The molecule has 4 rings (SSSR count). The Morgan fingerprint density at radius 2 is 2.06 bits per heavy atom. The third-order valence-corrected chi connectivity index (χ3v) is 5.92. The highest BCUT2D eigenvalue weighted by molar-refractivity contribution is 5.96. The number of fused-ring (bicyclic) bond motifs is 2. The van der Waals surface area contributed by atoms with Gasteiger partial charge in [0.05, 0.1) is 11.5 Å². The van der Waals surface area contributed by atoms with Crippen LogP contribution in [0.2, 0.25) is 0 Å². The average molecular weight is 434 g/mol. The van der Waals surface area contributed by atoms with Crippen molar-refractivity contribution >= 4 is 34.7 Å². The van der Waals surface area contributed by atoms with Crippen molar-refractivity contribution in [3.05, 3.63) is 59.5 Å². The number of para-hydroxylation sites is 1. The summed E-state index contributed by atoms with van der Waals surface area (Å²) in [5, 5.41) is 3.84. The summed E-state index contributed by atoms with van der Waals surface area (Å²) in [6.45, 7) is 7.82. The van der Waals surface area contributed by atoms with E-state index in [1.54, 1.807) is 30.3 Å². The number of likely N-dealkylation sites (N-methyl/N-ethyl adjacent to an activating group) is 1. The third kappa shape index (κ3) is 3.98. The molecule has 0 bridgehead atoms. The molecule has 1 aliphatic heterocycles. The summed E-state index contributed by atoms with van der Waals surface area (Å²) in [6.07, 6.45) is 4.78. The van der Waals surface area contributed by atoms with Crippen LogP contribution in [-0.4, -0.2) is 35.4 Å². The monoisotopic (exact) mass is 433 g/mol. The van der Waals surface area contributed by atoms with Gasteiger partial charge in [-0.1, -0.05) is 18.2 Å². The molecule has 1 N–H and O–H groups in total. The predicted molar refractivity (Wildman–Crippen MR) is 123 cm³/mol. The summed E-state index contributed by atoms with van der Waals surface area (Å²) in [5.41, 5.74) is 1.90. The van der Waals surface area contributed by atoms with Gasteiger partial charge >= 0.3 is 0 Å². The Morgan fingerprint density at radius 3 is 2.81 bits per heavy atom. The quantitative estimate of drug-likeness (QED) is 0.602. The van der Waals surface area contributed by atoms with E-state index < -0.39 is 5.41 Å². The van der Waals surface area contributed by atoms with Crippen molar-refractivity contribution in [1.29, 1.82) is 0 Å². The fraction of sp³-hybridized carbons (Fsp3) is 0.320. The van der Waals surface area contributed by atoms with Crippen molar-refractivity contribution in [3.8, 4) is 5.75 Å². The van der Waals surface area contributed by atoms with E-state index in [1.807, 2.05) is 52.0 Å². The minimum atomic E-state index is -0.652. The third-order valence-electron chi connectivity index (χ3n) is 5.92. The van der Waals surface area contributed by atoms with Crippen LogP contribution >= 0.6 is 0 Å². The number of hydrogen-bond acceptors (Lipinski definition) is 5. The van der Waals surface area contributed by atoms with Gasteiger partial charge in [-0.25, -0.2) is 4.98 Å². The van der Waals surface area contributed by atoms with E-state index in [0.717, 1.165) is 22.3 Å². The van der Waals surface area contributed by atoms with E-state index >= 15 is 0 Å². The first-order valence-corrected chi connectivity index (χ1v) is 10.5. The number of rotatable bonds is 4. The lowest BCUT2D eigenvalue weighted by Gasteiger charge is -2.22. The van der Waals surface area contributed by atoms with Crippen molar-refractivity contribution in [1.82, 2.24) is 9.88 Å². The van der Waals surface area contributed by atoms with Crippen LogP contribution in [0.15, 0.2) is 47.0 Å². The number of carbonyl (C=O) groups excluding carboxylic acids is 2. The average Bonchev–Trinajstić information content (AvgIpc) is 3.06. The molecular weight excluding hydrogens is 406 g/mol. The van der Waals surface area contributed by atoms with Gasteiger partial charge in [-0.05, 0) is 51.5 Å². The van der Waals surface area contributed by atoms with Crippen LogP contribution in [0.4, 0.5) is 5.82 Å². The zero-order valence-corrected chi connectivity index (χ0v) is 18.9. The number of nitrogens with zero attached hydrogens (tertiary/aromatic N) is 2. The van der Waals surface area contributed by atoms with Gasteiger partial charge in [0.1, 0.15) is 18.0 Å². The molecule has 0 saturated heterocycles. The van der Waals surface area contributed by atoms with Gasteiger partial charge < -0.3 is 19.4 Å². The number of nitrogens with one attached hydrogen (secondary N) is 1. The fourth-order valence-corrected chi connectivity index (χ4v) is 3.60. The summed E-state index contributed by atoms with van der Waals surface area (Å²) in [5.74, 6) is 1.34. The van der Waals surface area contributed by atoms with Crippen molar-refractivity contribution in [3.63, 3.8) is 0 Å². The first kappa shape index (κ1) is 21.6. The summed E-state index contributed by atoms with van der Waals surface area (Å²) in [6, 6.07) is 9.38. The smallest absolute Gasteiger partial charge is 0.246 e. The molecule has 2 amide bonds. The SMILES string of the molecule is Cc1c([C@@H](C)N(C)C(=O)/C=C/c2cnc3c(c2)OCC(C)(C)C(=O)N3)oc2ccccc12.